The Morgan fingerprint density at radius 2 is 1.30 bits per heavy atom. The summed E-state index contributed by atoms with van der Waals surface area (Å²) in [7, 11) is 0.391. The third kappa shape index (κ3) is 11.9. The molecule has 5 rings (SSSR count). The van der Waals surface area contributed by atoms with E-state index in [-0.39, 0.29) is 5.41 Å². The summed E-state index contributed by atoms with van der Waals surface area (Å²) < 4.78 is 18.5. The van der Waals surface area contributed by atoms with Gasteiger partial charge in [0, 0.05) is 19.5 Å². The Balaban J connectivity index is 1.03. The molecule has 0 bridgehead atoms. The van der Waals surface area contributed by atoms with Crippen molar-refractivity contribution in [1.29, 1.82) is 0 Å². The smallest absolute Gasteiger partial charge is 0.122 e. The lowest BCUT2D eigenvalue weighted by molar-refractivity contribution is 0.0860. The minimum Gasteiger partial charge on any atom is -0.498 e. The second-order valence-corrected chi connectivity index (χ2v) is 19.0. The summed E-state index contributed by atoms with van der Waals surface area (Å²) in [6, 6.07) is 40.2. The Morgan fingerprint density at radius 1 is 0.660 bits per heavy atom. The molecule has 53 heavy (non-hydrogen) atoms. The lowest BCUT2D eigenvalue weighted by Gasteiger charge is -2.27. The molecule has 0 radical (unpaired) electrons. The van der Waals surface area contributed by atoms with Gasteiger partial charge in [0.2, 0.25) is 0 Å². The third-order valence-corrected chi connectivity index (χ3v) is 14.8. The molecule has 0 unspecified atom stereocenters. The van der Waals surface area contributed by atoms with Gasteiger partial charge in [-0.05, 0) is 104 Å². The molecule has 0 saturated carbocycles. The second kappa shape index (κ2) is 20.7. The number of nitrogens with zero attached hydrogens (tertiary/aromatic N) is 1. The molecule has 4 aromatic carbocycles. The summed E-state index contributed by atoms with van der Waals surface area (Å²) in [5.74, 6) is 2.12. The predicted molar refractivity (Wildman–Crippen MR) is 228 cm³/mol. The summed E-state index contributed by atoms with van der Waals surface area (Å²) in [6.07, 6.45) is 13.2. The molecule has 0 fully saturated rings. The molecule has 0 aliphatic heterocycles. The van der Waals surface area contributed by atoms with Gasteiger partial charge in [0.15, 0.2) is 0 Å². The summed E-state index contributed by atoms with van der Waals surface area (Å²) in [4.78, 5) is 2.35. The zero-order valence-corrected chi connectivity index (χ0v) is 34.0. The molecule has 0 saturated heterocycles. The lowest BCUT2D eigenvalue weighted by atomic mass is 9.85. The molecule has 4 nitrogen and oxygen atoms in total. The monoisotopic (exact) mass is 732 g/mol. The Labute approximate surface area is 321 Å². The van der Waals surface area contributed by atoms with Crippen LogP contribution in [0.2, 0.25) is 0 Å². The van der Waals surface area contributed by atoms with Crippen molar-refractivity contribution >= 4 is 23.2 Å². The molecule has 0 N–H and O–H groups in total. The van der Waals surface area contributed by atoms with E-state index in [9.17, 15) is 0 Å². The summed E-state index contributed by atoms with van der Waals surface area (Å²) in [5.41, 5.74) is 4.27. The molecule has 1 aliphatic carbocycles. The first kappa shape index (κ1) is 40.5. The van der Waals surface area contributed by atoms with Crippen LogP contribution in [0, 0.1) is 0 Å². The van der Waals surface area contributed by atoms with Crippen LogP contribution in [-0.4, -0.2) is 57.6 Å². The van der Waals surface area contributed by atoms with Crippen molar-refractivity contribution in [3.05, 3.63) is 144 Å². The van der Waals surface area contributed by atoms with E-state index in [1.807, 2.05) is 0 Å². The number of hydrogen-bond acceptors (Lipinski definition) is 4. The van der Waals surface area contributed by atoms with Crippen molar-refractivity contribution in [3.8, 4) is 5.75 Å². The Morgan fingerprint density at radius 3 is 1.87 bits per heavy atom. The Kier molecular flexibility index (Phi) is 15.8. The molecule has 1 aliphatic rings. The van der Waals surface area contributed by atoms with E-state index >= 15 is 0 Å². The average Bonchev–Trinajstić information content (AvgIpc) is 3.18. The predicted octanol–water partition coefficient (Wildman–Crippen LogP) is 10.0. The van der Waals surface area contributed by atoms with Gasteiger partial charge in [0.05, 0.1) is 31.7 Å². The molecule has 0 aromatic heterocycles. The molecule has 5 heteroatoms. The number of rotatable bonds is 21. The molecule has 0 amide bonds. The minimum atomic E-state index is -1.79. The van der Waals surface area contributed by atoms with Gasteiger partial charge in [-0.2, -0.15) is 0 Å². The van der Waals surface area contributed by atoms with E-state index in [1.165, 1.54) is 45.5 Å². The molecular weight excluding hydrogens is 670 g/mol. The highest BCUT2D eigenvalue weighted by Crippen LogP contribution is 2.55. The van der Waals surface area contributed by atoms with E-state index < -0.39 is 7.26 Å². The van der Waals surface area contributed by atoms with Crippen LogP contribution < -0.4 is 20.7 Å². The van der Waals surface area contributed by atoms with Gasteiger partial charge in [-0.25, -0.2) is 0 Å². The van der Waals surface area contributed by atoms with Crippen LogP contribution in [0.4, 0.5) is 0 Å². The number of likely N-dealkylation sites (N-methyl/N-ethyl adjacent to an activating group) is 1. The number of unbranched alkanes of at least 4 members (excludes halogenated alkanes) is 2. The Hall–Kier alpha value is -3.69. The van der Waals surface area contributed by atoms with Gasteiger partial charge in [-0.15, -0.1) is 0 Å². The number of hydrogen-bond donors (Lipinski definition) is 0. The van der Waals surface area contributed by atoms with Crippen LogP contribution in [-0.2, 0) is 21.3 Å². The normalized spacial score (nSPS) is 13.5. The molecule has 0 spiro atoms. The first-order valence-electron chi connectivity index (χ1n) is 19.9. The van der Waals surface area contributed by atoms with Crippen molar-refractivity contribution in [1.82, 2.24) is 4.90 Å². The van der Waals surface area contributed by atoms with E-state index in [4.69, 9.17) is 14.2 Å². The van der Waals surface area contributed by atoms with Gasteiger partial charge >= 0.3 is 0 Å². The fraction of sp³-hybridized carbons (Fsp3) is 0.417. The van der Waals surface area contributed by atoms with Gasteiger partial charge in [0.25, 0.3) is 0 Å². The maximum absolute atomic E-state index is 6.33. The second-order valence-electron chi connectivity index (χ2n) is 15.4. The highest BCUT2D eigenvalue weighted by Gasteiger charge is 2.44. The summed E-state index contributed by atoms with van der Waals surface area (Å²) >= 11 is 0. The lowest BCUT2D eigenvalue weighted by Crippen LogP contribution is -2.33. The first-order chi connectivity index (χ1) is 25.8. The van der Waals surface area contributed by atoms with Crippen molar-refractivity contribution in [3.63, 3.8) is 0 Å². The van der Waals surface area contributed by atoms with Gasteiger partial charge in [0.1, 0.15) is 35.5 Å². The molecule has 282 valence electrons. The summed E-state index contributed by atoms with van der Waals surface area (Å²) in [5, 5.41) is 4.35. The van der Waals surface area contributed by atoms with Crippen LogP contribution in [0.3, 0.4) is 0 Å². The standard InChI is InChI=1S/C48H63NO3P/c1-6-7-19-41-38-42(48(2,3)4)28-31-47(41)52-36-35-50-34-32-49(5)39-40-26-29-43(30-27-40)51-33-17-18-37-53(44-20-11-8-12-21-44,45-22-13-9-14-23-45)46-24-15-10-16-25-46/h8-16,20-26,28-29,31,38H,6-7,17-19,27,30,32-37,39H2,1-5H3/q+1. The third-order valence-electron chi connectivity index (χ3n) is 10.3. The topological polar surface area (TPSA) is 30.9 Å². The Bertz CT molecular complexity index is 1620. The van der Waals surface area contributed by atoms with Crippen molar-refractivity contribution in [2.75, 3.05) is 52.7 Å². The fourth-order valence-electron chi connectivity index (χ4n) is 7.16. The first-order valence-corrected chi connectivity index (χ1v) is 21.9. The highest BCUT2D eigenvalue weighted by molar-refractivity contribution is 7.95. The number of ether oxygens (including phenoxy) is 3. The number of allylic oxidation sites excluding steroid dienone is 3. The maximum Gasteiger partial charge on any atom is 0.122 e. The van der Waals surface area contributed by atoms with Crippen LogP contribution in [0.25, 0.3) is 0 Å². The average molecular weight is 733 g/mol. The zero-order valence-electron chi connectivity index (χ0n) is 33.1. The van der Waals surface area contributed by atoms with E-state index in [2.05, 4.69) is 161 Å². The fourth-order valence-corrected chi connectivity index (χ4v) is 11.6. The van der Waals surface area contributed by atoms with Crippen LogP contribution in [0.15, 0.2) is 133 Å². The van der Waals surface area contributed by atoms with Crippen molar-refractivity contribution in [2.45, 2.75) is 78.1 Å². The quantitative estimate of drug-likeness (QED) is 0.0631. The number of aryl methyl sites for hydroxylation is 1. The van der Waals surface area contributed by atoms with Gasteiger partial charge in [-0.3, -0.25) is 0 Å². The molecular formula is C48H63NO3P+. The summed E-state index contributed by atoms with van der Waals surface area (Å²) in [6.45, 7) is 13.5. The highest BCUT2D eigenvalue weighted by atomic mass is 31.2. The van der Waals surface area contributed by atoms with Crippen LogP contribution in [0.1, 0.15) is 77.3 Å². The molecule has 0 heterocycles. The van der Waals surface area contributed by atoms with E-state index in [0.717, 1.165) is 69.5 Å². The minimum absolute atomic E-state index is 0.139. The van der Waals surface area contributed by atoms with Crippen molar-refractivity contribution < 1.29 is 14.2 Å². The number of benzene rings is 4. The SMILES string of the molecule is CCCCc1cc(C(C)(C)C)ccc1OCCOCCN(C)CC1=CC=C(OCCCC[P+](c2ccccc2)(c2ccccc2)c2ccccc2)CC1. The van der Waals surface area contributed by atoms with Gasteiger partial charge in [-0.1, -0.05) is 112 Å². The zero-order chi connectivity index (χ0) is 37.4. The van der Waals surface area contributed by atoms with E-state index in [1.54, 1.807) is 0 Å². The van der Waals surface area contributed by atoms with Crippen LogP contribution >= 0.6 is 7.26 Å². The van der Waals surface area contributed by atoms with Gasteiger partial charge < -0.3 is 19.1 Å². The van der Waals surface area contributed by atoms with Crippen molar-refractivity contribution in [2.24, 2.45) is 0 Å². The largest absolute Gasteiger partial charge is 0.498 e. The molecule has 0 atom stereocenters. The maximum atomic E-state index is 6.33. The molecule has 4 aromatic rings. The van der Waals surface area contributed by atoms with Crippen LogP contribution in [0.5, 0.6) is 5.75 Å². The van der Waals surface area contributed by atoms with E-state index in [0.29, 0.717) is 19.8 Å².